The molecule has 0 spiro atoms. The van der Waals surface area contributed by atoms with E-state index in [9.17, 15) is 4.79 Å². The van der Waals surface area contributed by atoms with Crippen LogP contribution in [-0.2, 0) is 14.3 Å². The summed E-state index contributed by atoms with van der Waals surface area (Å²) in [6.07, 6.45) is 5.95. The van der Waals surface area contributed by atoms with Crippen molar-refractivity contribution in [3.63, 3.8) is 0 Å². The van der Waals surface area contributed by atoms with Crippen molar-refractivity contribution in [2.45, 2.75) is 50.9 Å². The van der Waals surface area contributed by atoms with E-state index < -0.39 is 5.97 Å². The number of carboxylic acid groups (broad SMARTS) is 1. The lowest BCUT2D eigenvalue weighted by Gasteiger charge is -2.36. The zero-order chi connectivity index (χ0) is 12.3. The molecule has 96 valence electrons. The molecule has 2 rings (SSSR count). The van der Waals surface area contributed by atoms with Crippen molar-refractivity contribution >= 4 is 5.97 Å². The van der Waals surface area contributed by atoms with Crippen LogP contribution >= 0.6 is 0 Å². The van der Waals surface area contributed by atoms with Crippen LogP contribution in [0, 0.1) is 5.92 Å². The van der Waals surface area contributed by atoms with E-state index in [1.165, 1.54) is 19.3 Å². The molecule has 1 saturated heterocycles. The van der Waals surface area contributed by atoms with Gasteiger partial charge in [0.25, 0.3) is 0 Å². The number of ether oxygens (including phenoxy) is 2. The van der Waals surface area contributed by atoms with Gasteiger partial charge in [0.1, 0.15) is 0 Å². The van der Waals surface area contributed by atoms with Crippen molar-refractivity contribution in [2.75, 3.05) is 6.61 Å². The molecule has 2 atom stereocenters. The predicted molar refractivity (Wildman–Crippen MR) is 62.6 cm³/mol. The monoisotopic (exact) mass is 240 g/mol. The zero-order valence-corrected chi connectivity index (χ0v) is 10.1. The molecule has 0 radical (unpaired) electrons. The molecular formula is C13H20O4. The fourth-order valence-corrected chi connectivity index (χ4v) is 2.61. The summed E-state index contributed by atoms with van der Waals surface area (Å²) >= 11 is 0. The van der Waals surface area contributed by atoms with Crippen LogP contribution in [0.5, 0.6) is 0 Å². The maximum Gasteiger partial charge on any atom is 0.333 e. The summed E-state index contributed by atoms with van der Waals surface area (Å²) in [5.74, 6) is -0.549. The van der Waals surface area contributed by atoms with Gasteiger partial charge in [-0.3, -0.25) is 0 Å². The molecule has 1 N–H and O–H groups in total. The van der Waals surface area contributed by atoms with E-state index in [4.69, 9.17) is 14.6 Å². The zero-order valence-electron chi connectivity index (χ0n) is 10.1. The van der Waals surface area contributed by atoms with Crippen molar-refractivity contribution in [3.05, 3.63) is 12.2 Å². The van der Waals surface area contributed by atoms with Crippen LogP contribution in [0.25, 0.3) is 0 Å². The van der Waals surface area contributed by atoms with E-state index in [-0.39, 0.29) is 18.0 Å². The molecule has 17 heavy (non-hydrogen) atoms. The minimum Gasteiger partial charge on any atom is -0.478 e. The van der Waals surface area contributed by atoms with Gasteiger partial charge in [0.2, 0.25) is 0 Å². The fraction of sp³-hybridized carbons (Fsp3) is 0.769. The molecule has 0 aromatic carbocycles. The second-order valence-electron chi connectivity index (χ2n) is 4.88. The maximum atomic E-state index is 10.9. The summed E-state index contributed by atoms with van der Waals surface area (Å²) in [6.45, 7) is 4.14. The van der Waals surface area contributed by atoms with Crippen LogP contribution in [0.3, 0.4) is 0 Å². The molecular weight excluding hydrogens is 220 g/mol. The normalized spacial score (nSPS) is 31.1. The lowest BCUT2D eigenvalue weighted by atomic mass is 9.88. The Bertz CT molecular complexity index is 294. The second kappa shape index (κ2) is 5.65. The predicted octanol–water partition coefficient (Wildman–Crippen LogP) is 2.34. The van der Waals surface area contributed by atoms with E-state index in [1.54, 1.807) is 0 Å². The van der Waals surface area contributed by atoms with Gasteiger partial charge in [-0.1, -0.05) is 25.8 Å². The van der Waals surface area contributed by atoms with Crippen LogP contribution in [-0.4, -0.2) is 30.1 Å². The molecule has 1 heterocycles. The van der Waals surface area contributed by atoms with Gasteiger partial charge in [-0.05, 0) is 12.8 Å². The molecule has 0 amide bonds. The maximum absolute atomic E-state index is 10.9. The van der Waals surface area contributed by atoms with Crippen LogP contribution in [0.1, 0.15) is 38.5 Å². The summed E-state index contributed by atoms with van der Waals surface area (Å²) in [5, 5.41) is 8.91. The number of rotatable bonds is 3. The highest BCUT2D eigenvalue weighted by Gasteiger charge is 2.33. The van der Waals surface area contributed by atoms with Gasteiger partial charge < -0.3 is 14.6 Å². The van der Waals surface area contributed by atoms with Crippen LogP contribution in [0.4, 0.5) is 0 Å². The Morgan fingerprint density at radius 3 is 2.53 bits per heavy atom. The second-order valence-corrected chi connectivity index (χ2v) is 4.88. The summed E-state index contributed by atoms with van der Waals surface area (Å²) < 4.78 is 11.4. The third-order valence-corrected chi connectivity index (χ3v) is 3.66. The van der Waals surface area contributed by atoms with E-state index >= 15 is 0 Å². The van der Waals surface area contributed by atoms with Gasteiger partial charge in [0.15, 0.2) is 6.29 Å². The Kier molecular flexibility index (Phi) is 4.18. The van der Waals surface area contributed by atoms with Gasteiger partial charge in [0.05, 0.1) is 18.3 Å². The Hall–Kier alpha value is -0.870. The first kappa shape index (κ1) is 12.6. The molecule has 1 saturated carbocycles. The minimum absolute atomic E-state index is 0.147. The standard InChI is InChI=1S/C13H20O4/c1-9(12(14)15)11-7-8-16-13(17-11)10-5-3-2-4-6-10/h10-11,13H,1-8H2,(H,14,15). The molecule has 0 aromatic heterocycles. The molecule has 4 heteroatoms. The third-order valence-electron chi connectivity index (χ3n) is 3.66. The highest BCUT2D eigenvalue weighted by atomic mass is 16.7. The van der Waals surface area contributed by atoms with Crippen LogP contribution in [0.15, 0.2) is 12.2 Å². The van der Waals surface area contributed by atoms with Crippen molar-refractivity contribution in [2.24, 2.45) is 5.92 Å². The number of hydrogen-bond donors (Lipinski definition) is 1. The van der Waals surface area contributed by atoms with Gasteiger partial charge in [-0.25, -0.2) is 4.79 Å². The summed E-state index contributed by atoms with van der Waals surface area (Å²) in [6, 6.07) is 0. The summed E-state index contributed by atoms with van der Waals surface area (Å²) in [7, 11) is 0. The molecule has 0 aromatic rings. The molecule has 4 nitrogen and oxygen atoms in total. The third kappa shape index (κ3) is 3.07. The Morgan fingerprint density at radius 1 is 1.18 bits per heavy atom. The highest BCUT2D eigenvalue weighted by molar-refractivity contribution is 5.86. The molecule has 0 bridgehead atoms. The first-order valence-electron chi connectivity index (χ1n) is 6.37. The SMILES string of the molecule is C=C(C(=O)O)C1CCOC(C2CCCCC2)O1. The van der Waals surface area contributed by atoms with Crippen molar-refractivity contribution in [3.8, 4) is 0 Å². The minimum atomic E-state index is -0.973. The quantitative estimate of drug-likeness (QED) is 0.769. The number of carboxylic acids is 1. The van der Waals surface area contributed by atoms with Gasteiger partial charge in [0, 0.05) is 12.3 Å². The molecule has 1 aliphatic carbocycles. The average Bonchev–Trinajstić information content (AvgIpc) is 2.39. The van der Waals surface area contributed by atoms with Gasteiger partial charge >= 0.3 is 5.97 Å². The van der Waals surface area contributed by atoms with Crippen molar-refractivity contribution in [1.29, 1.82) is 0 Å². The Labute approximate surface area is 102 Å². The Morgan fingerprint density at radius 2 is 1.88 bits per heavy atom. The first-order chi connectivity index (χ1) is 8.18. The first-order valence-corrected chi connectivity index (χ1v) is 6.37. The topological polar surface area (TPSA) is 55.8 Å². The van der Waals surface area contributed by atoms with E-state index in [1.807, 2.05) is 0 Å². The van der Waals surface area contributed by atoms with Crippen LogP contribution < -0.4 is 0 Å². The van der Waals surface area contributed by atoms with E-state index in [0.29, 0.717) is 18.9 Å². The molecule has 2 unspecified atom stereocenters. The van der Waals surface area contributed by atoms with Crippen LogP contribution in [0.2, 0.25) is 0 Å². The lowest BCUT2D eigenvalue weighted by molar-refractivity contribution is -0.231. The molecule has 2 fully saturated rings. The number of carbonyl (C=O) groups is 1. The van der Waals surface area contributed by atoms with Crippen molar-refractivity contribution in [1.82, 2.24) is 0 Å². The molecule has 2 aliphatic rings. The molecule has 1 aliphatic heterocycles. The van der Waals surface area contributed by atoms with E-state index in [0.717, 1.165) is 12.8 Å². The summed E-state index contributed by atoms with van der Waals surface area (Å²) in [5.41, 5.74) is 0.147. The number of hydrogen-bond acceptors (Lipinski definition) is 3. The number of aliphatic carboxylic acids is 1. The highest BCUT2D eigenvalue weighted by Crippen LogP contribution is 2.32. The summed E-state index contributed by atoms with van der Waals surface area (Å²) in [4.78, 5) is 10.9. The fourth-order valence-electron chi connectivity index (χ4n) is 2.61. The van der Waals surface area contributed by atoms with Crippen molar-refractivity contribution < 1.29 is 19.4 Å². The average molecular weight is 240 g/mol. The van der Waals surface area contributed by atoms with Gasteiger partial charge in [-0.2, -0.15) is 0 Å². The van der Waals surface area contributed by atoms with E-state index in [2.05, 4.69) is 6.58 Å². The largest absolute Gasteiger partial charge is 0.478 e. The smallest absolute Gasteiger partial charge is 0.333 e. The van der Waals surface area contributed by atoms with Gasteiger partial charge in [-0.15, -0.1) is 0 Å². The lowest BCUT2D eigenvalue weighted by Crippen LogP contribution is -2.39. The Balaban J connectivity index is 1.92.